The molecule has 2 aromatic rings. The van der Waals surface area contributed by atoms with Crippen molar-refractivity contribution in [1.82, 2.24) is 4.98 Å². The third-order valence-corrected chi connectivity index (χ3v) is 2.63. The van der Waals surface area contributed by atoms with Gasteiger partial charge in [0.1, 0.15) is 0 Å². The molecule has 2 rings (SSSR count). The van der Waals surface area contributed by atoms with Crippen LogP contribution in [0.5, 0.6) is 0 Å². The molecule has 0 unspecified atom stereocenters. The van der Waals surface area contributed by atoms with Crippen molar-refractivity contribution in [2.45, 2.75) is 6.43 Å². The van der Waals surface area contributed by atoms with Gasteiger partial charge < -0.3 is 0 Å². The van der Waals surface area contributed by atoms with Crippen molar-refractivity contribution < 1.29 is 8.78 Å². The van der Waals surface area contributed by atoms with E-state index >= 15 is 0 Å². The largest absolute Gasteiger partial charge is 0.264 e. The van der Waals surface area contributed by atoms with Gasteiger partial charge in [0.15, 0.2) is 0 Å². The molecule has 0 aliphatic heterocycles. The molecule has 0 spiro atoms. The molecule has 1 nitrogen and oxygen atoms in total. The van der Waals surface area contributed by atoms with Crippen LogP contribution in [0, 0.1) is 0 Å². The van der Waals surface area contributed by atoms with Gasteiger partial charge in [-0.15, -0.1) is 0 Å². The van der Waals surface area contributed by atoms with Gasteiger partial charge >= 0.3 is 0 Å². The Labute approximate surface area is 87.9 Å². The summed E-state index contributed by atoms with van der Waals surface area (Å²) in [6.45, 7) is 0. The molecule has 0 bridgehead atoms. The number of alkyl halides is 2. The zero-order valence-electron chi connectivity index (χ0n) is 7.05. The molecule has 72 valence electrons. The number of fused-ring (bicyclic) bond motifs is 1. The predicted molar refractivity (Wildman–Crippen MR) is 54.4 cm³/mol. The van der Waals surface area contributed by atoms with Crippen LogP contribution >= 0.6 is 15.9 Å². The Kier molecular flexibility index (Phi) is 2.46. The van der Waals surface area contributed by atoms with Crippen LogP contribution in [0.4, 0.5) is 8.78 Å². The number of hydrogen-bond donors (Lipinski definition) is 0. The highest BCUT2D eigenvalue weighted by Gasteiger charge is 2.12. The summed E-state index contributed by atoms with van der Waals surface area (Å²) in [7, 11) is 0. The maximum atomic E-state index is 12.6. The Morgan fingerprint density at radius 3 is 2.71 bits per heavy atom. The molecule has 0 radical (unpaired) electrons. The summed E-state index contributed by atoms with van der Waals surface area (Å²) in [6.07, 6.45) is -1.07. The first-order valence-electron chi connectivity index (χ1n) is 4.01. The minimum absolute atomic E-state index is 0.0244. The smallest absolute Gasteiger partial charge is 0.255 e. The zero-order valence-corrected chi connectivity index (χ0v) is 8.63. The van der Waals surface area contributed by atoms with Crippen molar-refractivity contribution in [3.8, 4) is 0 Å². The van der Waals surface area contributed by atoms with Crippen molar-refractivity contribution >= 4 is 26.8 Å². The zero-order chi connectivity index (χ0) is 10.1. The molecule has 0 N–H and O–H groups in total. The lowest BCUT2D eigenvalue weighted by Gasteiger charge is -2.05. The number of halogens is 3. The second-order valence-electron chi connectivity index (χ2n) is 2.84. The second kappa shape index (κ2) is 3.61. The van der Waals surface area contributed by atoms with E-state index in [9.17, 15) is 8.78 Å². The highest BCUT2D eigenvalue weighted by atomic mass is 79.9. The molecule has 0 saturated carbocycles. The van der Waals surface area contributed by atoms with Gasteiger partial charge in [0.2, 0.25) is 0 Å². The van der Waals surface area contributed by atoms with E-state index in [1.807, 2.05) is 0 Å². The van der Waals surface area contributed by atoms with E-state index < -0.39 is 6.43 Å². The predicted octanol–water partition coefficient (Wildman–Crippen LogP) is 3.93. The van der Waals surface area contributed by atoms with E-state index in [-0.39, 0.29) is 5.56 Å². The standard InChI is InChI=1S/C10H6BrF2N/c11-8-3-1-2-6-7(10(12)13)4-5-14-9(6)8/h1-5,10H. The van der Waals surface area contributed by atoms with Gasteiger partial charge in [-0.3, -0.25) is 4.98 Å². The SMILES string of the molecule is FC(F)c1ccnc2c(Br)cccc12. The fourth-order valence-electron chi connectivity index (χ4n) is 1.35. The van der Waals surface area contributed by atoms with E-state index in [0.717, 1.165) is 4.47 Å². The average Bonchev–Trinajstić information content (AvgIpc) is 2.17. The summed E-state index contributed by atoms with van der Waals surface area (Å²) >= 11 is 3.27. The molecular formula is C10H6BrF2N. The molecule has 1 aromatic heterocycles. The van der Waals surface area contributed by atoms with Crippen LogP contribution in [0.15, 0.2) is 34.9 Å². The number of para-hydroxylation sites is 1. The van der Waals surface area contributed by atoms with Gasteiger partial charge in [0.25, 0.3) is 6.43 Å². The Balaban J connectivity index is 2.81. The summed E-state index contributed by atoms with van der Waals surface area (Å²) in [4.78, 5) is 4.04. The van der Waals surface area contributed by atoms with E-state index in [2.05, 4.69) is 20.9 Å². The lowest BCUT2D eigenvalue weighted by Crippen LogP contribution is -1.89. The maximum absolute atomic E-state index is 12.6. The average molecular weight is 258 g/mol. The van der Waals surface area contributed by atoms with E-state index in [1.165, 1.54) is 12.3 Å². The topological polar surface area (TPSA) is 12.9 Å². The first kappa shape index (κ1) is 9.52. The number of pyridine rings is 1. The summed E-state index contributed by atoms with van der Waals surface area (Å²) in [6, 6.07) is 6.50. The van der Waals surface area contributed by atoms with Crippen LogP contribution < -0.4 is 0 Å². The Morgan fingerprint density at radius 1 is 1.21 bits per heavy atom. The third-order valence-electron chi connectivity index (χ3n) is 1.99. The van der Waals surface area contributed by atoms with Crippen LogP contribution in [-0.4, -0.2) is 4.98 Å². The minimum atomic E-state index is -2.46. The van der Waals surface area contributed by atoms with Crippen molar-refractivity contribution in [2.75, 3.05) is 0 Å². The lowest BCUT2D eigenvalue weighted by atomic mass is 10.1. The fraction of sp³-hybridized carbons (Fsp3) is 0.100. The summed E-state index contributed by atoms with van der Waals surface area (Å²) < 4.78 is 25.9. The number of nitrogens with zero attached hydrogens (tertiary/aromatic N) is 1. The van der Waals surface area contributed by atoms with Gasteiger partial charge in [0.05, 0.1) is 5.52 Å². The Hall–Kier alpha value is -1.03. The molecule has 0 fully saturated rings. The quantitative estimate of drug-likeness (QED) is 0.755. The molecule has 14 heavy (non-hydrogen) atoms. The van der Waals surface area contributed by atoms with Crippen molar-refractivity contribution in [1.29, 1.82) is 0 Å². The molecule has 0 atom stereocenters. The number of rotatable bonds is 1. The monoisotopic (exact) mass is 257 g/mol. The van der Waals surface area contributed by atoms with Crippen LogP contribution in [0.1, 0.15) is 12.0 Å². The van der Waals surface area contributed by atoms with Crippen molar-refractivity contribution in [3.05, 3.63) is 40.5 Å². The van der Waals surface area contributed by atoms with E-state index in [1.54, 1.807) is 18.2 Å². The fourth-order valence-corrected chi connectivity index (χ4v) is 1.82. The number of hydrogen-bond acceptors (Lipinski definition) is 1. The van der Waals surface area contributed by atoms with Crippen LogP contribution in [0.3, 0.4) is 0 Å². The molecule has 1 aromatic carbocycles. The molecule has 1 heterocycles. The first-order valence-corrected chi connectivity index (χ1v) is 4.80. The van der Waals surface area contributed by atoms with Gasteiger partial charge in [-0.25, -0.2) is 8.78 Å². The first-order chi connectivity index (χ1) is 6.70. The highest BCUT2D eigenvalue weighted by molar-refractivity contribution is 9.10. The molecular weight excluding hydrogens is 252 g/mol. The van der Waals surface area contributed by atoms with Crippen molar-refractivity contribution in [3.63, 3.8) is 0 Å². The second-order valence-corrected chi connectivity index (χ2v) is 3.69. The maximum Gasteiger partial charge on any atom is 0.264 e. The van der Waals surface area contributed by atoms with Gasteiger partial charge in [0, 0.05) is 21.6 Å². The van der Waals surface area contributed by atoms with E-state index in [0.29, 0.717) is 10.9 Å². The van der Waals surface area contributed by atoms with Gasteiger partial charge in [-0.1, -0.05) is 12.1 Å². The van der Waals surface area contributed by atoms with E-state index in [4.69, 9.17) is 0 Å². The minimum Gasteiger partial charge on any atom is -0.255 e. The molecule has 4 heteroatoms. The normalized spacial score (nSPS) is 11.1. The van der Waals surface area contributed by atoms with Gasteiger partial charge in [-0.05, 0) is 28.1 Å². The third kappa shape index (κ3) is 1.50. The Bertz CT molecular complexity index is 471. The van der Waals surface area contributed by atoms with Crippen LogP contribution in [-0.2, 0) is 0 Å². The molecule has 0 amide bonds. The van der Waals surface area contributed by atoms with Crippen LogP contribution in [0.2, 0.25) is 0 Å². The molecule has 0 saturated heterocycles. The van der Waals surface area contributed by atoms with Crippen molar-refractivity contribution in [2.24, 2.45) is 0 Å². The molecule has 0 aliphatic carbocycles. The number of aromatic nitrogens is 1. The van der Waals surface area contributed by atoms with Crippen LogP contribution in [0.25, 0.3) is 10.9 Å². The molecule has 0 aliphatic rings. The Morgan fingerprint density at radius 2 is 2.00 bits per heavy atom. The summed E-state index contributed by atoms with van der Waals surface area (Å²) in [5.41, 5.74) is 0.599. The summed E-state index contributed by atoms with van der Waals surface area (Å²) in [5.74, 6) is 0. The number of benzene rings is 1. The van der Waals surface area contributed by atoms with Gasteiger partial charge in [-0.2, -0.15) is 0 Å². The summed E-state index contributed by atoms with van der Waals surface area (Å²) in [5, 5.41) is 0.497. The lowest BCUT2D eigenvalue weighted by molar-refractivity contribution is 0.153. The highest BCUT2D eigenvalue weighted by Crippen LogP contribution is 2.29.